The van der Waals surface area contributed by atoms with E-state index in [4.69, 9.17) is 11.6 Å². The van der Waals surface area contributed by atoms with E-state index in [9.17, 15) is 4.79 Å². The number of hydrogen-bond acceptors (Lipinski definition) is 5. The molecule has 6 nitrogen and oxygen atoms in total. The first-order chi connectivity index (χ1) is 5.56. The average Bonchev–Trinajstić information content (AvgIpc) is 2.00. The van der Waals surface area contributed by atoms with Gasteiger partial charge in [0.2, 0.25) is 5.91 Å². The molecule has 6 N–H and O–H groups in total. The summed E-state index contributed by atoms with van der Waals surface area (Å²) in [7, 11) is 1.77. The molecule has 0 spiro atoms. The lowest BCUT2D eigenvalue weighted by Gasteiger charge is -2.19. The van der Waals surface area contributed by atoms with Gasteiger partial charge in [0.05, 0.1) is 0 Å². The zero-order chi connectivity index (χ0) is 9.56. The third-order valence-corrected chi connectivity index (χ3v) is 1.34. The van der Waals surface area contributed by atoms with Gasteiger partial charge in [0.1, 0.15) is 0 Å². The predicted molar refractivity (Wildman–Crippen MR) is 46.6 cm³/mol. The highest BCUT2D eigenvalue weighted by Gasteiger charge is 2.05. The van der Waals surface area contributed by atoms with Gasteiger partial charge in [-0.15, -0.1) is 0 Å². The van der Waals surface area contributed by atoms with E-state index in [1.165, 1.54) is 6.92 Å². The molecule has 0 saturated heterocycles. The molecule has 0 bridgehead atoms. The Morgan fingerprint density at radius 2 is 2.25 bits per heavy atom. The molecule has 0 aromatic rings. The topological polar surface area (TPSA) is 96.4 Å². The van der Waals surface area contributed by atoms with E-state index in [0.29, 0.717) is 13.1 Å². The van der Waals surface area contributed by atoms with E-state index < -0.39 is 0 Å². The lowest BCUT2D eigenvalue weighted by Crippen LogP contribution is -2.49. The molecule has 0 saturated carbocycles. The molecule has 6 heteroatoms. The second-order valence-electron chi connectivity index (χ2n) is 2.71. The average molecular weight is 175 g/mol. The summed E-state index contributed by atoms with van der Waals surface area (Å²) >= 11 is 0. The van der Waals surface area contributed by atoms with Crippen LogP contribution >= 0.6 is 0 Å². The molecule has 0 heterocycles. The number of amides is 1. The molecule has 0 rings (SSSR count). The largest absolute Gasteiger partial charge is 0.355 e. The molecule has 0 fully saturated rings. The third-order valence-electron chi connectivity index (χ3n) is 1.34. The summed E-state index contributed by atoms with van der Waals surface area (Å²) in [6.07, 6.45) is 0. The third kappa shape index (κ3) is 6.05. The van der Waals surface area contributed by atoms with Crippen molar-refractivity contribution < 1.29 is 4.79 Å². The standard InChI is InChI=1S/C6H17N5O/c1-5(12)9-3-6(7)4-11(2)10-8/h6,10H,3-4,7-8H2,1-2H3,(H,9,12). The van der Waals surface area contributed by atoms with Crippen molar-refractivity contribution in [1.82, 2.24) is 15.9 Å². The van der Waals surface area contributed by atoms with Crippen LogP contribution in [0.5, 0.6) is 0 Å². The van der Waals surface area contributed by atoms with E-state index in [2.05, 4.69) is 10.9 Å². The lowest BCUT2D eigenvalue weighted by molar-refractivity contribution is -0.119. The number of carbonyl (C=O) groups excluding carboxylic acids is 1. The zero-order valence-corrected chi connectivity index (χ0v) is 7.50. The van der Waals surface area contributed by atoms with Gasteiger partial charge in [0.25, 0.3) is 0 Å². The molecular weight excluding hydrogens is 158 g/mol. The van der Waals surface area contributed by atoms with E-state index in [-0.39, 0.29) is 11.9 Å². The van der Waals surface area contributed by atoms with Gasteiger partial charge in [-0.25, -0.2) is 5.01 Å². The Labute approximate surface area is 72.2 Å². The first-order valence-corrected chi connectivity index (χ1v) is 3.73. The van der Waals surface area contributed by atoms with Crippen molar-refractivity contribution in [1.29, 1.82) is 0 Å². The van der Waals surface area contributed by atoms with Gasteiger partial charge in [-0.3, -0.25) is 10.6 Å². The Bertz CT molecular complexity index is 140. The van der Waals surface area contributed by atoms with Crippen molar-refractivity contribution in [2.45, 2.75) is 13.0 Å². The lowest BCUT2D eigenvalue weighted by atomic mass is 10.3. The van der Waals surface area contributed by atoms with Crippen molar-refractivity contribution in [3.63, 3.8) is 0 Å². The van der Waals surface area contributed by atoms with Crippen LogP contribution in [-0.4, -0.2) is 37.1 Å². The molecular formula is C6H17N5O. The van der Waals surface area contributed by atoms with Gasteiger partial charge in [-0.05, 0) is 0 Å². The number of likely N-dealkylation sites (N-methyl/N-ethyl adjacent to an activating group) is 1. The van der Waals surface area contributed by atoms with Crippen LogP contribution in [0.4, 0.5) is 0 Å². The van der Waals surface area contributed by atoms with Gasteiger partial charge < -0.3 is 11.1 Å². The highest BCUT2D eigenvalue weighted by molar-refractivity contribution is 5.72. The highest BCUT2D eigenvalue weighted by Crippen LogP contribution is 1.79. The van der Waals surface area contributed by atoms with Crippen LogP contribution in [0.1, 0.15) is 6.92 Å². The normalized spacial score (nSPS) is 13.1. The van der Waals surface area contributed by atoms with Crippen LogP contribution in [0, 0.1) is 0 Å². The van der Waals surface area contributed by atoms with E-state index in [0.717, 1.165) is 0 Å². The Balaban J connectivity index is 3.45. The Morgan fingerprint density at radius 1 is 1.67 bits per heavy atom. The van der Waals surface area contributed by atoms with Crippen molar-refractivity contribution in [2.75, 3.05) is 20.1 Å². The fourth-order valence-corrected chi connectivity index (χ4v) is 0.744. The number of nitrogens with zero attached hydrogens (tertiary/aromatic N) is 1. The zero-order valence-electron chi connectivity index (χ0n) is 7.50. The molecule has 0 aromatic heterocycles. The molecule has 0 aromatic carbocycles. The van der Waals surface area contributed by atoms with Gasteiger partial charge in [-0.1, -0.05) is 0 Å². The van der Waals surface area contributed by atoms with E-state index in [1.807, 2.05) is 0 Å². The number of carbonyl (C=O) groups is 1. The van der Waals surface area contributed by atoms with Crippen LogP contribution in [0.15, 0.2) is 0 Å². The summed E-state index contributed by atoms with van der Waals surface area (Å²) in [5.74, 6) is 5.03. The summed E-state index contributed by atoms with van der Waals surface area (Å²) in [5, 5.41) is 4.26. The molecule has 0 aliphatic carbocycles. The highest BCUT2D eigenvalue weighted by atomic mass is 16.1. The van der Waals surface area contributed by atoms with Crippen LogP contribution in [0.25, 0.3) is 0 Å². The SMILES string of the molecule is CC(=O)NCC(N)CN(C)NN. The Kier molecular flexibility index (Phi) is 5.56. The monoisotopic (exact) mass is 175 g/mol. The summed E-state index contributed by atoms with van der Waals surface area (Å²) in [5.41, 5.74) is 8.07. The van der Waals surface area contributed by atoms with Crippen molar-refractivity contribution in [3.8, 4) is 0 Å². The van der Waals surface area contributed by atoms with Crippen molar-refractivity contribution in [2.24, 2.45) is 11.6 Å². The minimum absolute atomic E-state index is 0.0752. The number of nitrogens with two attached hydrogens (primary N) is 2. The second kappa shape index (κ2) is 5.90. The van der Waals surface area contributed by atoms with Gasteiger partial charge in [0, 0.05) is 33.1 Å². The number of nitrogens with one attached hydrogen (secondary N) is 2. The molecule has 0 aliphatic heterocycles. The summed E-state index contributed by atoms with van der Waals surface area (Å²) in [4.78, 5) is 10.5. The first kappa shape index (κ1) is 11.3. The molecule has 12 heavy (non-hydrogen) atoms. The minimum Gasteiger partial charge on any atom is -0.355 e. The molecule has 1 amide bonds. The number of hydrogen-bond donors (Lipinski definition) is 4. The fraction of sp³-hybridized carbons (Fsp3) is 0.833. The maximum absolute atomic E-state index is 10.5. The number of hydrazine groups is 2. The maximum atomic E-state index is 10.5. The van der Waals surface area contributed by atoms with E-state index >= 15 is 0 Å². The number of rotatable bonds is 5. The van der Waals surface area contributed by atoms with Crippen molar-refractivity contribution in [3.05, 3.63) is 0 Å². The fourth-order valence-electron chi connectivity index (χ4n) is 0.744. The molecule has 1 atom stereocenters. The summed E-state index contributed by atoms with van der Waals surface area (Å²) in [6, 6.07) is -0.116. The predicted octanol–water partition coefficient (Wildman–Crippen LogP) is -2.24. The van der Waals surface area contributed by atoms with E-state index in [1.54, 1.807) is 12.1 Å². The van der Waals surface area contributed by atoms with Crippen LogP contribution in [0.2, 0.25) is 0 Å². The molecule has 0 radical (unpaired) electrons. The molecule has 72 valence electrons. The summed E-state index contributed by atoms with van der Waals surface area (Å²) in [6.45, 7) is 2.50. The van der Waals surface area contributed by atoms with Crippen LogP contribution in [-0.2, 0) is 4.79 Å². The second-order valence-corrected chi connectivity index (χ2v) is 2.71. The Morgan fingerprint density at radius 3 is 2.67 bits per heavy atom. The van der Waals surface area contributed by atoms with Crippen LogP contribution < -0.4 is 22.4 Å². The quantitative estimate of drug-likeness (QED) is 0.280. The van der Waals surface area contributed by atoms with Crippen molar-refractivity contribution >= 4 is 5.91 Å². The minimum atomic E-state index is -0.116. The van der Waals surface area contributed by atoms with Gasteiger partial charge in [0.15, 0.2) is 0 Å². The first-order valence-electron chi connectivity index (χ1n) is 3.73. The summed E-state index contributed by atoms with van der Waals surface area (Å²) < 4.78 is 0. The van der Waals surface area contributed by atoms with Gasteiger partial charge >= 0.3 is 0 Å². The molecule has 1 unspecified atom stereocenters. The maximum Gasteiger partial charge on any atom is 0.216 e. The van der Waals surface area contributed by atoms with Gasteiger partial charge in [-0.2, -0.15) is 5.53 Å². The molecule has 0 aliphatic rings. The Hall–Kier alpha value is -0.690. The smallest absolute Gasteiger partial charge is 0.216 e. The van der Waals surface area contributed by atoms with Crippen LogP contribution in [0.3, 0.4) is 0 Å².